The van der Waals surface area contributed by atoms with Gasteiger partial charge in [0.15, 0.2) is 0 Å². The zero-order valence-electron chi connectivity index (χ0n) is 11.5. The third kappa shape index (κ3) is 2.56. The van der Waals surface area contributed by atoms with E-state index in [0.29, 0.717) is 0 Å². The number of benzene rings is 1. The fourth-order valence-corrected chi connectivity index (χ4v) is 2.85. The summed E-state index contributed by atoms with van der Waals surface area (Å²) in [6.45, 7) is 2.14. The second kappa shape index (κ2) is 5.17. The van der Waals surface area contributed by atoms with Gasteiger partial charge in [-0.05, 0) is 49.6 Å². The molecule has 19 heavy (non-hydrogen) atoms. The molecule has 0 saturated heterocycles. The molecule has 0 amide bonds. The van der Waals surface area contributed by atoms with E-state index in [4.69, 9.17) is 5.73 Å². The molecule has 1 fully saturated rings. The molecule has 3 nitrogen and oxygen atoms in total. The van der Waals surface area contributed by atoms with Gasteiger partial charge >= 0.3 is 0 Å². The Bertz CT molecular complexity index is 575. The first-order valence-electron chi connectivity index (χ1n) is 7.04. The Labute approximate surface area is 114 Å². The lowest BCUT2D eigenvalue weighted by atomic mass is 9.85. The van der Waals surface area contributed by atoms with Crippen molar-refractivity contribution in [1.29, 1.82) is 0 Å². The second-order valence-corrected chi connectivity index (χ2v) is 5.71. The van der Waals surface area contributed by atoms with Gasteiger partial charge in [-0.2, -0.15) is 0 Å². The molecule has 0 radical (unpaired) electrons. The summed E-state index contributed by atoms with van der Waals surface area (Å²) in [5.41, 5.74) is 9.14. The molecule has 100 valence electrons. The van der Waals surface area contributed by atoms with Crippen LogP contribution in [0.1, 0.15) is 24.8 Å². The summed E-state index contributed by atoms with van der Waals surface area (Å²) in [5, 5.41) is 1.07. The Morgan fingerprint density at radius 1 is 1.32 bits per heavy atom. The molecule has 1 aromatic carbocycles. The fourth-order valence-electron chi connectivity index (χ4n) is 2.85. The van der Waals surface area contributed by atoms with Gasteiger partial charge in [0.05, 0.1) is 5.52 Å². The topological polar surface area (TPSA) is 42.1 Å². The minimum atomic E-state index is 0.813. The van der Waals surface area contributed by atoms with Gasteiger partial charge in [0.25, 0.3) is 0 Å². The Hall–Kier alpha value is -1.61. The van der Waals surface area contributed by atoms with E-state index in [9.17, 15) is 0 Å². The third-order valence-corrected chi connectivity index (χ3v) is 4.12. The lowest BCUT2D eigenvalue weighted by molar-refractivity contribution is 0.201. The van der Waals surface area contributed by atoms with Crippen LogP contribution in [-0.2, 0) is 6.54 Å². The Morgan fingerprint density at radius 2 is 2.16 bits per heavy atom. The predicted octanol–water partition coefficient (Wildman–Crippen LogP) is 3.05. The normalized spacial score (nSPS) is 15.9. The Kier molecular flexibility index (Phi) is 3.38. The summed E-state index contributed by atoms with van der Waals surface area (Å²) < 4.78 is 0. The molecule has 2 N–H and O–H groups in total. The third-order valence-electron chi connectivity index (χ3n) is 4.12. The molecule has 0 aliphatic heterocycles. The predicted molar refractivity (Wildman–Crippen MR) is 79.8 cm³/mol. The molecule has 1 aliphatic rings. The van der Waals surface area contributed by atoms with Gasteiger partial charge in [-0.25, -0.2) is 0 Å². The number of hydrogen-bond acceptors (Lipinski definition) is 3. The van der Waals surface area contributed by atoms with Crippen LogP contribution in [0.15, 0.2) is 30.5 Å². The van der Waals surface area contributed by atoms with Crippen LogP contribution in [0.4, 0.5) is 5.69 Å². The smallest absolute Gasteiger partial charge is 0.0767 e. The van der Waals surface area contributed by atoms with E-state index in [1.165, 1.54) is 31.4 Å². The van der Waals surface area contributed by atoms with Crippen LogP contribution in [-0.4, -0.2) is 23.5 Å². The second-order valence-electron chi connectivity index (χ2n) is 5.71. The minimum absolute atomic E-state index is 0.813. The van der Waals surface area contributed by atoms with E-state index < -0.39 is 0 Å². The molecule has 0 bridgehead atoms. The first-order valence-corrected chi connectivity index (χ1v) is 7.04. The molecule has 1 saturated carbocycles. The number of aromatic nitrogens is 1. The molecule has 3 heteroatoms. The lowest BCUT2D eigenvalue weighted by Gasteiger charge is -2.30. The molecule has 1 aromatic heterocycles. The van der Waals surface area contributed by atoms with Gasteiger partial charge in [-0.15, -0.1) is 0 Å². The van der Waals surface area contributed by atoms with Gasteiger partial charge in [0.1, 0.15) is 0 Å². The lowest BCUT2D eigenvalue weighted by Crippen LogP contribution is -2.29. The summed E-state index contributed by atoms with van der Waals surface area (Å²) in [6, 6.07) is 8.10. The minimum Gasteiger partial charge on any atom is -0.398 e. The number of nitrogens with zero attached hydrogens (tertiary/aromatic N) is 2. The standard InChI is InChI=1S/C16H21N3/c1-19(10-12-4-2-5-12)11-13-7-8-15(17)14-6-3-9-18-16(13)14/h3,6-9,12H,2,4-5,10-11,17H2,1H3. The van der Waals surface area contributed by atoms with Gasteiger partial charge in [0, 0.05) is 30.4 Å². The number of rotatable bonds is 4. The zero-order chi connectivity index (χ0) is 13.2. The van der Waals surface area contributed by atoms with Gasteiger partial charge in [0.2, 0.25) is 0 Å². The highest BCUT2D eigenvalue weighted by molar-refractivity contribution is 5.92. The summed E-state index contributed by atoms with van der Waals surface area (Å²) in [6.07, 6.45) is 6.04. The van der Waals surface area contributed by atoms with E-state index >= 15 is 0 Å². The van der Waals surface area contributed by atoms with Crippen molar-refractivity contribution in [3.8, 4) is 0 Å². The molecule has 0 spiro atoms. The van der Waals surface area contributed by atoms with Crippen LogP contribution < -0.4 is 5.73 Å². The Morgan fingerprint density at radius 3 is 2.89 bits per heavy atom. The zero-order valence-corrected chi connectivity index (χ0v) is 11.5. The van der Waals surface area contributed by atoms with E-state index in [0.717, 1.165) is 29.1 Å². The van der Waals surface area contributed by atoms with Crippen LogP contribution in [0.3, 0.4) is 0 Å². The summed E-state index contributed by atoms with van der Waals surface area (Å²) in [4.78, 5) is 6.91. The highest BCUT2D eigenvalue weighted by Gasteiger charge is 2.19. The quantitative estimate of drug-likeness (QED) is 0.854. The van der Waals surface area contributed by atoms with Crippen LogP contribution in [0.25, 0.3) is 10.9 Å². The number of pyridine rings is 1. The van der Waals surface area contributed by atoms with Gasteiger partial charge in [-0.1, -0.05) is 12.5 Å². The maximum Gasteiger partial charge on any atom is 0.0767 e. The van der Waals surface area contributed by atoms with E-state index in [1.54, 1.807) is 0 Å². The van der Waals surface area contributed by atoms with Gasteiger partial charge < -0.3 is 10.6 Å². The summed E-state index contributed by atoms with van der Waals surface area (Å²) >= 11 is 0. The van der Waals surface area contributed by atoms with Crippen molar-refractivity contribution >= 4 is 16.6 Å². The maximum absolute atomic E-state index is 6.01. The number of anilines is 1. The van der Waals surface area contributed by atoms with Crippen LogP contribution in [0.2, 0.25) is 0 Å². The average Bonchev–Trinajstić information content (AvgIpc) is 2.38. The number of fused-ring (bicyclic) bond motifs is 1. The van der Waals surface area contributed by atoms with E-state index in [-0.39, 0.29) is 0 Å². The average molecular weight is 255 g/mol. The molecular formula is C16H21N3. The molecule has 2 aromatic rings. The molecule has 0 unspecified atom stereocenters. The summed E-state index contributed by atoms with van der Waals surface area (Å²) in [5.74, 6) is 0.901. The first kappa shape index (κ1) is 12.4. The number of nitrogen functional groups attached to an aromatic ring is 1. The van der Waals surface area contributed by atoms with Gasteiger partial charge in [-0.3, -0.25) is 4.98 Å². The monoisotopic (exact) mass is 255 g/mol. The molecule has 1 aliphatic carbocycles. The molecule has 3 rings (SSSR count). The van der Waals surface area contributed by atoms with Crippen molar-refractivity contribution in [2.24, 2.45) is 5.92 Å². The van der Waals surface area contributed by atoms with Crippen LogP contribution in [0, 0.1) is 5.92 Å². The van der Waals surface area contributed by atoms with Crippen molar-refractivity contribution in [3.05, 3.63) is 36.0 Å². The maximum atomic E-state index is 6.01. The van der Waals surface area contributed by atoms with E-state index in [2.05, 4.69) is 23.0 Å². The molecule has 0 atom stereocenters. The van der Waals surface area contributed by atoms with Crippen LogP contribution in [0.5, 0.6) is 0 Å². The SMILES string of the molecule is CN(Cc1ccc(N)c2cccnc12)CC1CCC1. The largest absolute Gasteiger partial charge is 0.398 e. The van der Waals surface area contributed by atoms with E-state index in [1.807, 2.05) is 24.4 Å². The molecule has 1 heterocycles. The highest BCUT2D eigenvalue weighted by Crippen LogP contribution is 2.28. The van der Waals surface area contributed by atoms with Crippen molar-refractivity contribution in [2.75, 3.05) is 19.3 Å². The van der Waals surface area contributed by atoms with Crippen molar-refractivity contribution in [1.82, 2.24) is 9.88 Å². The Balaban J connectivity index is 1.82. The van der Waals surface area contributed by atoms with Crippen molar-refractivity contribution in [2.45, 2.75) is 25.8 Å². The fraction of sp³-hybridized carbons (Fsp3) is 0.438. The van der Waals surface area contributed by atoms with Crippen LogP contribution >= 0.6 is 0 Å². The number of hydrogen-bond donors (Lipinski definition) is 1. The number of nitrogens with two attached hydrogens (primary N) is 1. The molecular weight excluding hydrogens is 234 g/mol. The first-order chi connectivity index (χ1) is 9.24. The summed E-state index contributed by atoms with van der Waals surface area (Å²) in [7, 11) is 2.20. The van der Waals surface area contributed by atoms with Crippen molar-refractivity contribution in [3.63, 3.8) is 0 Å². The van der Waals surface area contributed by atoms with Crippen molar-refractivity contribution < 1.29 is 0 Å². The highest BCUT2D eigenvalue weighted by atomic mass is 15.1.